The summed E-state index contributed by atoms with van der Waals surface area (Å²) in [5.41, 5.74) is 2.67. The summed E-state index contributed by atoms with van der Waals surface area (Å²) in [4.78, 5) is 0. The molecule has 0 saturated carbocycles. The zero-order chi connectivity index (χ0) is 14.2. The first-order valence-corrected chi connectivity index (χ1v) is 7.62. The van der Waals surface area contributed by atoms with E-state index in [1.165, 1.54) is 17.5 Å². The molecule has 0 heterocycles. The van der Waals surface area contributed by atoms with Crippen LogP contribution in [0.1, 0.15) is 29.9 Å². The lowest BCUT2D eigenvalue weighted by Crippen LogP contribution is -2.17. The van der Waals surface area contributed by atoms with Gasteiger partial charge < -0.3 is 5.32 Å². The average molecular weight is 288 g/mol. The van der Waals surface area contributed by atoms with Crippen LogP contribution in [-0.2, 0) is 6.42 Å². The first-order chi connectivity index (χ1) is 9.81. The summed E-state index contributed by atoms with van der Waals surface area (Å²) >= 11 is 6.32. The summed E-state index contributed by atoms with van der Waals surface area (Å²) in [6, 6.07) is 18.9. The monoisotopic (exact) mass is 287 g/mol. The lowest BCUT2D eigenvalue weighted by atomic mass is 9.92. The third kappa shape index (κ3) is 4.36. The van der Waals surface area contributed by atoms with Gasteiger partial charge in [0, 0.05) is 11.6 Å². The van der Waals surface area contributed by atoms with Crippen LogP contribution in [0.25, 0.3) is 0 Å². The Kier molecular flexibility index (Phi) is 6.10. The summed E-state index contributed by atoms with van der Waals surface area (Å²) in [6.07, 6.45) is 3.46. The zero-order valence-electron chi connectivity index (χ0n) is 12.0. The molecule has 2 rings (SSSR count). The van der Waals surface area contributed by atoms with Gasteiger partial charge in [-0.05, 0) is 49.4 Å². The fraction of sp³-hybridized carbons (Fsp3) is 0.333. The maximum absolute atomic E-state index is 6.32. The minimum Gasteiger partial charge on any atom is -0.319 e. The fourth-order valence-corrected chi connectivity index (χ4v) is 2.91. The van der Waals surface area contributed by atoms with Crippen LogP contribution >= 0.6 is 11.6 Å². The van der Waals surface area contributed by atoms with Crippen LogP contribution in [0, 0.1) is 0 Å². The van der Waals surface area contributed by atoms with Crippen molar-refractivity contribution in [2.75, 3.05) is 13.6 Å². The molecule has 1 unspecified atom stereocenters. The standard InChI is InChI=1S/C18H22ClN/c1-20-14-16(17-12-5-6-13-18(17)19)11-7-10-15-8-3-2-4-9-15/h2-6,8-9,12-13,16,20H,7,10-11,14H2,1H3. The molecule has 2 aromatic rings. The van der Waals surface area contributed by atoms with E-state index in [4.69, 9.17) is 11.6 Å². The van der Waals surface area contributed by atoms with Crippen molar-refractivity contribution in [2.45, 2.75) is 25.2 Å². The highest BCUT2D eigenvalue weighted by Crippen LogP contribution is 2.28. The molecule has 0 bridgehead atoms. The highest BCUT2D eigenvalue weighted by Gasteiger charge is 2.13. The summed E-state index contributed by atoms with van der Waals surface area (Å²) < 4.78 is 0. The van der Waals surface area contributed by atoms with Crippen LogP contribution in [0.3, 0.4) is 0 Å². The lowest BCUT2D eigenvalue weighted by molar-refractivity contribution is 0.560. The Morgan fingerprint density at radius 3 is 2.40 bits per heavy atom. The molecule has 1 atom stereocenters. The molecule has 1 N–H and O–H groups in total. The fourth-order valence-electron chi connectivity index (χ4n) is 2.62. The van der Waals surface area contributed by atoms with Crippen molar-refractivity contribution in [2.24, 2.45) is 0 Å². The minimum absolute atomic E-state index is 0.484. The van der Waals surface area contributed by atoms with Crippen LogP contribution < -0.4 is 5.32 Å². The average Bonchev–Trinajstić information content (AvgIpc) is 2.48. The van der Waals surface area contributed by atoms with E-state index in [0.29, 0.717) is 5.92 Å². The van der Waals surface area contributed by atoms with Gasteiger partial charge in [-0.2, -0.15) is 0 Å². The van der Waals surface area contributed by atoms with Gasteiger partial charge in [0.25, 0.3) is 0 Å². The summed E-state index contributed by atoms with van der Waals surface area (Å²) in [5, 5.41) is 4.17. The second-order valence-corrected chi connectivity index (χ2v) is 5.56. The van der Waals surface area contributed by atoms with E-state index in [9.17, 15) is 0 Å². The summed E-state index contributed by atoms with van der Waals surface area (Å²) in [6.45, 7) is 0.971. The van der Waals surface area contributed by atoms with Gasteiger partial charge in [-0.25, -0.2) is 0 Å². The molecule has 0 spiro atoms. The molecule has 0 fully saturated rings. The molecule has 0 aliphatic rings. The van der Waals surface area contributed by atoms with Crippen molar-refractivity contribution >= 4 is 11.6 Å². The molecule has 0 amide bonds. The summed E-state index contributed by atoms with van der Waals surface area (Å²) in [7, 11) is 2.00. The second-order valence-electron chi connectivity index (χ2n) is 5.15. The predicted molar refractivity (Wildman–Crippen MR) is 87.5 cm³/mol. The molecule has 2 heteroatoms. The van der Waals surface area contributed by atoms with E-state index in [0.717, 1.165) is 24.4 Å². The van der Waals surface area contributed by atoms with Crippen molar-refractivity contribution in [1.82, 2.24) is 5.32 Å². The Bertz CT molecular complexity index is 510. The number of rotatable bonds is 7. The molecule has 20 heavy (non-hydrogen) atoms. The van der Waals surface area contributed by atoms with Crippen LogP contribution in [0.15, 0.2) is 54.6 Å². The summed E-state index contributed by atoms with van der Waals surface area (Å²) in [5.74, 6) is 0.484. The zero-order valence-corrected chi connectivity index (χ0v) is 12.7. The van der Waals surface area contributed by atoms with E-state index in [1.54, 1.807) is 0 Å². The van der Waals surface area contributed by atoms with Gasteiger partial charge in [0.1, 0.15) is 0 Å². The van der Waals surface area contributed by atoms with Gasteiger partial charge in [0.15, 0.2) is 0 Å². The second kappa shape index (κ2) is 8.08. The molecule has 0 aliphatic carbocycles. The van der Waals surface area contributed by atoms with Crippen molar-refractivity contribution in [3.05, 3.63) is 70.7 Å². The molecule has 1 nitrogen and oxygen atoms in total. The first kappa shape index (κ1) is 15.1. The van der Waals surface area contributed by atoms with Crippen molar-refractivity contribution in [1.29, 1.82) is 0 Å². The molecule has 0 aliphatic heterocycles. The van der Waals surface area contributed by atoms with Gasteiger partial charge in [0.2, 0.25) is 0 Å². The highest BCUT2D eigenvalue weighted by atomic mass is 35.5. The van der Waals surface area contributed by atoms with Crippen molar-refractivity contribution < 1.29 is 0 Å². The van der Waals surface area contributed by atoms with E-state index in [1.807, 2.05) is 19.2 Å². The lowest BCUT2D eigenvalue weighted by Gasteiger charge is -2.18. The number of nitrogens with one attached hydrogen (secondary N) is 1. The molecular formula is C18H22ClN. The van der Waals surface area contributed by atoms with Crippen LogP contribution in [0.5, 0.6) is 0 Å². The Balaban J connectivity index is 1.95. The number of hydrogen-bond donors (Lipinski definition) is 1. The van der Waals surface area contributed by atoms with Crippen molar-refractivity contribution in [3.8, 4) is 0 Å². The maximum Gasteiger partial charge on any atom is 0.0441 e. The molecule has 0 radical (unpaired) electrons. The predicted octanol–water partition coefficient (Wildman–Crippen LogP) is 4.67. The van der Waals surface area contributed by atoms with E-state index in [-0.39, 0.29) is 0 Å². The van der Waals surface area contributed by atoms with Crippen LogP contribution in [0.2, 0.25) is 5.02 Å². The largest absolute Gasteiger partial charge is 0.319 e. The van der Waals surface area contributed by atoms with E-state index < -0.39 is 0 Å². The highest BCUT2D eigenvalue weighted by molar-refractivity contribution is 6.31. The molecule has 0 saturated heterocycles. The number of benzene rings is 2. The molecule has 106 valence electrons. The van der Waals surface area contributed by atoms with Gasteiger partial charge in [-0.1, -0.05) is 60.1 Å². The smallest absolute Gasteiger partial charge is 0.0441 e. The van der Waals surface area contributed by atoms with Gasteiger partial charge in [-0.3, -0.25) is 0 Å². The topological polar surface area (TPSA) is 12.0 Å². The van der Waals surface area contributed by atoms with Gasteiger partial charge >= 0.3 is 0 Å². The quantitative estimate of drug-likeness (QED) is 0.780. The molecule has 2 aromatic carbocycles. The Hall–Kier alpha value is -1.31. The number of hydrogen-bond acceptors (Lipinski definition) is 1. The number of aryl methyl sites for hydroxylation is 1. The van der Waals surface area contributed by atoms with Crippen molar-refractivity contribution in [3.63, 3.8) is 0 Å². The first-order valence-electron chi connectivity index (χ1n) is 7.24. The third-order valence-corrected chi connectivity index (χ3v) is 4.00. The maximum atomic E-state index is 6.32. The van der Waals surface area contributed by atoms with Crippen LogP contribution in [-0.4, -0.2) is 13.6 Å². The van der Waals surface area contributed by atoms with Gasteiger partial charge in [0.05, 0.1) is 0 Å². The van der Waals surface area contributed by atoms with Crippen LogP contribution in [0.4, 0.5) is 0 Å². The number of likely N-dealkylation sites (N-methyl/N-ethyl adjacent to an activating group) is 1. The van der Waals surface area contributed by atoms with Gasteiger partial charge in [-0.15, -0.1) is 0 Å². The molecule has 0 aromatic heterocycles. The van der Waals surface area contributed by atoms with E-state index in [2.05, 4.69) is 47.8 Å². The normalized spacial score (nSPS) is 12.3. The Labute approximate surface area is 127 Å². The Morgan fingerprint density at radius 1 is 1.00 bits per heavy atom. The third-order valence-electron chi connectivity index (χ3n) is 3.66. The minimum atomic E-state index is 0.484. The molecular weight excluding hydrogens is 266 g/mol. The SMILES string of the molecule is CNCC(CCCc1ccccc1)c1ccccc1Cl. The number of halogens is 1. The van der Waals surface area contributed by atoms with E-state index >= 15 is 0 Å². The Morgan fingerprint density at radius 2 is 1.70 bits per heavy atom.